The van der Waals surface area contributed by atoms with Crippen LogP contribution in [-0.2, 0) is 0 Å². The van der Waals surface area contributed by atoms with E-state index in [1.165, 1.54) is 12.1 Å². The van der Waals surface area contributed by atoms with Gasteiger partial charge in [-0.15, -0.1) is 0 Å². The van der Waals surface area contributed by atoms with Crippen molar-refractivity contribution in [3.8, 4) is 11.5 Å². The van der Waals surface area contributed by atoms with E-state index < -0.39 is 10.8 Å². The molecule has 2 aromatic carbocycles. The number of non-ortho nitro benzene ring substituents is 1. The summed E-state index contributed by atoms with van der Waals surface area (Å²) in [5.41, 5.74) is 1.04. The third kappa shape index (κ3) is 4.87. The largest absolute Gasteiger partial charge is 0.494 e. The third-order valence-corrected chi connectivity index (χ3v) is 3.73. The van der Waals surface area contributed by atoms with Crippen LogP contribution < -0.4 is 19.7 Å². The Hall–Kier alpha value is -3.29. The molecule has 1 amide bonds. The molecule has 0 aliphatic heterocycles. The fraction of sp³-hybridized carbons (Fsp3) is 0.316. The van der Waals surface area contributed by atoms with Crippen molar-refractivity contribution >= 4 is 23.0 Å². The summed E-state index contributed by atoms with van der Waals surface area (Å²) in [6.07, 6.45) is 0. The van der Waals surface area contributed by atoms with E-state index in [4.69, 9.17) is 9.47 Å². The molecule has 2 rings (SSSR count). The van der Waals surface area contributed by atoms with Gasteiger partial charge in [0.2, 0.25) is 0 Å². The number of benzene rings is 2. The van der Waals surface area contributed by atoms with Gasteiger partial charge in [0.15, 0.2) is 0 Å². The van der Waals surface area contributed by atoms with E-state index in [2.05, 4.69) is 5.32 Å². The molecule has 0 bridgehead atoms. The summed E-state index contributed by atoms with van der Waals surface area (Å²) in [7, 11) is 3.53. The monoisotopic (exact) mass is 373 g/mol. The van der Waals surface area contributed by atoms with Crippen molar-refractivity contribution in [1.82, 2.24) is 0 Å². The maximum absolute atomic E-state index is 12.9. The summed E-state index contributed by atoms with van der Waals surface area (Å²) < 4.78 is 11.0. The van der Waals surface area contributed by atoms with Gasteiger partial charge in [-0.25, -0.2) is 0 Å². The summed E-state index contributed by atoms with van der Waals surface area (Å²) in [5.74, 6) is 0.603. The Balaban J connectivity index is 2.42. The molecule has 0 heterocycles. The molecule has 1 N–H and O–H groups in total. The zero-order valence-corrected chi connectivity index (χ0v) is 15.8. The first-order valence-corrected chi connectivity index (χ1v) is 8.54. The highest BCUT2D eigenvalue weighted by Crippen LogP contribution is 2.31. The Morgan fingerprint density at radius 2 is 1.81 bits per heavy atom. The molecule has 0 aromatic heterocycles. The zero-order chi connectivity index (χ0) is 20.0. The van der Waals surface area contributed by atoms with Crippen LogP contribution in [0.1, 0.15) is 24.2 Å². The van der Waals surface area contributed by atoms with E-state index in [0.717, 1.165) is 0 Å². The van der Waals surface area contributed by atoms with Crippen LogP contribution in [0.5, 0.6) is 11.5 Å². The van der Waals surface area contributed by atoms with Crippen molar-refractivity contribution in [2.24, 2.45) is 0 Å². The molecule has 0 radical (unpaired) electrons. The second-order valence-corrected chi connectivity index (χ2v) is 5.83. The smallest absolute Gasteiger partial charge is 0.270 e. The SMILES string of the molecule is CCOc1ccc(OCC)c(NC(=O)c2cc([N+](=O)[O-])ccc2N(C)C)c1. The van der Waals surface area contributed by atoms with Crippen LogP contribution in [-0.4, -0.2) is 38.1 Å². The lowest BCUT2D eigenvalue weighted by atomic mass is 10.1. The minimum absolute atomic E-state index is 0.154. The van der Waals surface area contributed by atoms with Crippen LogP contribution in [0.4, 0.5) is 17.1 Å². The van der Waals surface area contributed by atoms with E-state index in [-0.39, 0.29) is 11.3 Å². The first kappa shape index (κ1) is 20.0. The van der Waals surface area contributed by atoms with Crippen LogP contribution in [0.25, 0.3) is 0 Å². The number of nitro groups is 1. The van der Waals surface area contributed by atoms with Gasteiger partial charge < -0.3 is 19.7 Å². The van der Waals surface area contributed by atoms with Crippen LogP contribution in [0.3, 0.4) is 0 Å². The topological polar surface area (TPSA) is 93.9 Å². The molecular formula is C19H23N3O5. The highest BCUT2D eigenvalue weighted by Gasteiger charge is 2.19. The van der Waals surface area contributed by atoms with Crippen molar-refractivity contribution in [1.29, 1.82) is 0 Å². The van der Waals surface area contributed by atoms with Crippen molar-refractivity contribution in [3.05, 3.63) is 52.1 Å². The lowest BCUT2D eigenvalue weighted by Crippen LogP contribution is -2.19. The number of ether oxygens (including phenoxy) is 2. The number of hydrogen-bond donors (Lipinski definition) is 1. The molecule has 8 heteroatoms. The quantitative estimate of drug-likeness (QED) is 0.560. The van der Waals surface area contributed by atoms with Gasteiger partial charge in [0, 0.05) is 38.0 Å². The van der Waals surface area contributed by atoms with Gasteiger partial charge in [-0.05, 0) is 32.0 Å². The van der Waals surface area contributed by atoms with Crippen LogP contribution in [0, 0.1) is 10.1 Å². The standard InChI is InChI=1S/C19H23N3O5/c1-5-26-14-8-10-18(27-6-2)16(12-14)20-19(23)15-11-13(22(24)25)7-9-17(15)21(3)4/h7-12H,5-6H2,1-4H3,(H,20,23). The van der Waals surface area contributed by atoms with Crippen LogP contribution >= 0.6 is 0 Å². The summed E-state index contributed by atoms with van der Waals surface area (Å²) in [4.78, 5) is 25.2. The molecule has 8 nitrogen and oxygen atoms in total. The lowest BCUT2D eigenvalue weighted by Gasteiger charge is -2.18. The normalized spacial score (nSPS) is 10.2. The number of nitrogens with one attached hydrogen (secondary N) is 1. The molecule has 144 valence electrons. The molecule has 0 fully saturated rings. The predicted molar refractivity (Wildman–Crippen MR) is 104 cm³/mol. The number of hydrogen-bond acceptors (Lipinski definition) is 6. The highest BCUT2D eigenvalue weighted by molar-refractivity contribution is 6.09. The fourth-order valence-electron chi connectivity index (χ4n) is 2.54. The van der Waals surface area contributed by atoms with Gasteiger partial charge in [-0.3, -0.25) is 14.9 Å². The molecule has 0 atom stereocenters. The lowest BCUT2D eigenvalue weighted by molar-refractivity contribution is -0.384. The molecule has 0 aliphatic carbocycles. The Morgan fingerprint density at radius 3 is 2.41 bits per heavy atom. The van der Waals surface area contributed by atoms with Gasteiger partial charge in [0.25, 0.3) is 11.6 Å². The van der Waals surface area contributed by atoms with Gasteiger partial charge in [-0.1, -0.05) is 0 Å². The van der Waals surface area contributed by atoms with Crippen molar-refractivity contribution in [3.63, 3.8) is 0 Å². The number of nitro benzene ring substituents is 1. The maximum Gasteiger partial charge on any atom is 0.270 e. The maximum atomic E-state index is 12.9. The average molecular weight is 373 g/mol. The molecule has 0 saturated carbocycles. The summed E-state index contributed by atoms with van der Waals surface area (Å²) in [6.45, 7) is 4.61. The van der Waals surface area contributed by atoms with E-state index >= 15 is 0 Å². The Bertz CT molecular complexity index is 836. The van der Waals surface area contributed by atoms with Crippen LogP contribution in [0.2, 0.25) is 0 Å². The molecule has 0 aliphatic rings. The second-order valence-electron chi connectivity index (χ2n) is 5.83. The molecule has 27 heavy (non-hydrogen) atoms. The second kappa shape index (κ2) is 8.88. The molecule has 0 spiro atoms. The van der Waals surface area contributed by atoms with Crippen molar-refractivity contribution in [2.45, 2.75) is 13.8 Å². The van der Waals surface area contributed by atoms with Gasteiger partial charge in [-0.2, -0.15) is 0 Å². The number of nitrogens with zero attached hydrogens (tertiary/aromatic N) is 2. The van der Waals surface area contributed by atoms with E-state index in [1.807, 2.05) is 13.8 Å². The number of carbonyl (C=O) groups excluding carboxylic acids is 1. The van der Waals surface area contributed by atoms with Crippen molar-refractivity contribution in [2.75, 3.05) is 37.5 Å². The van der Waals surface area contributed by atoms with Gasteiger partial charge in [0.05, 0.1) is 29.4 Å². The average Bonchev–Trinajstić information content (AvgIpc) is 2.63. The first-order chi connectivity index (χ1) is 12.9. The minimum Gasteiger partial charge on any atom is -0.494 e. The molecule has 0 saturated heterocycles. The summed E-state index contributed by atoms with van der Waals surface area (Å²) in [6, 6.07) is 9.31. The highest BCUT2D eigenvalue weighted by atomic mass is 16.6. The van der Waals surface area contributed by atoms with E-state index in [0.29, 0.717) is 36.1 Å². The molecular weight excluding hydrogens is 350 g/mol. The summed E-state index contributed by atoms with van der Waals surface area (Å²) in [5, 5.41) is 13.9. The Labute approximate surface area is 157 Å². The third-order valence-electron chi connectivity index (χ3n) is 3.73. The van der Waals surface area contributed by atoms with Crippen LogP contribution in [0.15, 0.2) is 36.4 Å². The number of rotatable bonds is 8. The number of amides is 1. The van der Waals surface area contributed by atoms with Gasteiger partial charge in [0.1, 0.15) is 11.5 Å². The summed E-state index contributed by atoms with van der Waals surface area (Å²) >= 11 is 0. The fourth-order valence-corrected chi connectivity index (χ4v) is 2.54. The van der Waals surface area contributed by atoms with Crippen molar-refractivity contribution < 1.29 is 19.2 Å². The molecule has 2 aromatic rings. The van der Waals surface area contributed by atoms with E-state index in [9.17, 15) is 14.9 Å². The molecule has 0 unspecified atom stereocenters. The minimum atomic E-state index is -0.530. The Morgan fingerprint density at radius 1 is 1.11 bits per heavy atom. The Kier molecular flexibility index (Phi) is 6.59. The zero-order valence-electron chi connectivity index (χ0n) is 15.8. The number of anilines is 2. The predicted octanol–water partition coefficient (Wildman–Crippen LogP) is 3.71. The first-order valence-electron chi connectivity index (χ1n) is 8.54. The number of carbonyl (C=O) groups is 1. The van der Waals surface area contributed by atoms with Gasteiger partial charge >= 0.3 is 0 Å². The van der Waals surface area contributed by atoms with E-state index in [1.54, 1.807) is 43.3 Å².